The molecule has 2 aromatic carbocycles. The van der Waals surface area contributed by atoms with Crippen LogP contribution in [0.1, 0.15) is 40.5 Å². The summed E-state index contributed by atoms with van der Waals surface area (Å²) >= 11 is 0. The number of carbonyl (C=O) groups is 4. The number of esters is 3. The summed E-state index contributed by atoms with van der Waals surface area (Å²) in [7, 11) is 0. The minimum absolute atomic E-state index is 0.0627. The summed E-state index contributed by atoms with van der Waals surface area (Å²) in [4.78, 5) is 47.8. The molecular weight excluding hydrogens is 524 g/mol. The molecule has 2 aromatic rings. The van der Waals surface area contributed by atoms with E-state index >= 15 is 0 Å². The van der Waals surface area contributed by atoms with Crippen LogP contribution in [0.3, 0.4) is 0 Å². The maximum absolute atomic E-state index is 12.6. The van der Waals surface area contributed by atoms with Crippen LogP contribution in [0.25, 0.3) is 0 Å². The summed E-state index contributed by atoms with van der Waals surface area (Å²) in [6, 6.07) is 11.7. The summed E-state index contributed by atoms with van der Waals surface area (Å²) in [6.45, 7) is 6.49. The topological polar surface area (TPSA) is 133 Å². The van der Waals surface area contributed by atoms with Crippen molar-refractivity contribution in [3.05, 3.63) is 72.3 Å². The number of hydrogen-bond acceptors (Lipinski definition) is 11. The van der Waals surface area contributed by atoms with E-state index in [-0.39, 0.29) is 48.4 Å². The smallest absolute Gasteiger partial charge is 0.463 e. The Morgan fingerprint density at radius 3 is 2.02 bits per heavy atom. The maximum Gasteiger partial charge on any atom is 0.513 e. The first-order valence-electron chi connectivity index (χ1n) is 12.8. The van der Waals surface area contributed by atoms with Crippen molar-refractivity contribution in [1.82, 2.24) is 0 Å². The van der Waals surface area contributed by atoms with Crippen molar-refractivity contribution in [2.45, 2.75) is 38.1 Å². The molecule has 2 fully saturated rings. The highest BCUT2D eigenvalue weighted by atomic mass is 16.7. The van der Waals surface area contributed by atoms with Gasteiger partial charge in [0.2, 0.25) is 0 Å². The van der Waals surface area contributed by atoms with E-state index in [4.69, 9.17) is 33.2 Å². The largest absolute Gasteiger partial charge is 0.513 e. The van der Waals surface area contributed by atoms with Gasteiger partial charge in [0, 0.05) is 12.0 Å². The highest BCUT2D eigenvalue weighted by Gasteiger charge is 2.47. The standard InChI is InChI=1S/C29H30O11/c1-3-24(30)34-14-4-5-15-35-29(33)39-22-12-8-19(9-13-22)27(31)38-21-10-6-20(7-11-21)28(32)40-23-17-37-25-18(2)16-36-26(23)25/h3,6-13,18,23,25-26H,1,4-5,14-17H2,2H3/t18-,23+,25-,26-/m1/s1. The van der Waals surface area contributed by atoms with Gasteiger partial charge in [-0.05, 0) is 61.4 Å². The molecule has 4 atom stereocenters. The van der Waals surface area contributed by atoms with Crippen LogP contribution in [-0.2, 0) is 28.5 Å². The van der Waals surface area contributed by atoms with E-state index in [0.717, 1.165) is 6.08 Å². The molecule has 2 aliphatic heterocycles. The van der Waals surface area contributed by atoms with Gasteiger partial charge in [0.1, 0.15) is 17.6 Å². The molecule has 0 unspecified atom stereocenters. The van der Waals surface area contributed by atoms with Crippen LogP contribution in [0.5, 0.6) is 11.5 Å². The second kappa shape index (κ2) is 13.7. The molecule has 0 bridgehead atoms. The third kappa shape index (κ3) is 7.67. The molecule has 0 saturated carbocycles. The third-order valence-corrected chi connectivity index (χ3v) is 6.28. The molecule has 2 saturated heterocycles. The Kier molecular flexibility index (Phi) is 9.87. The van der Waals surface area contributed by atoms with Crippen molar-refractivity contribution in [2.75, 3.05) is 26.4 Å². The van der Waals surface area contributed by atoms with E-state index in [2.05, 4.69) is 6.58 Å². The van der Waals surface area contributed by atoms with Crippen molar-refractivity contribution < 1.29 is 52.3 Å². The number of ether oxygens (including phenoxy) is 7. The summed E-state index contributed by atoms with van der Waals surface area (Å²) in [6.07, 6.45) is 0.390. The average molecular weight is 555 g/mol. The van der Waals surface area contributed by atoms with E-state index in [1.54, 1.807) is 0 Å². The number of hydrogen-bond donors (Lipinski definition) is 0. The lowest BCUT2D eigenvalue weighted by molar-refractivity contribution is -0.137. The Morgan fingerprint density at radius 1 is 0.800 bits per heavy atom. The van der Waals surface area contributed by atoms with Crippen LogP contribution in [-0.4, -0.2) is 68.8 Å². The Labute approximate surface area is 230 Å². The predicted octanol–water partition coefficient (Wildman–Crippen LogP) is 3.89. The van der Waals surface area contributed by atoms with Gasteiger partial charge < -0.3 is 33.2 Å². The molecule has 0 spiro atoms. The molecule has 11 nitrogen and oxygen atoms in total. The molecule has 4 rings (SSSR count). The number of unbranched alkanes of at least 4 members (excludes halogenated alkanes) is 1. The van der Waals surface area contributed by atoms with Crippen LogP contribution in [0.4, 0.5) is 4.79 Å². The number of carbonyl (C=O) groups excluding carboxylic acids is 4. The minimum atomic E-state index is -0.900. The monoisotopic (exact) mass is 554 g/mol. The molecule has 0 amide bonds. The average Bonchev–Trinajstić information content (AvgIpc) is 3.53. The van der Waals surface area contributed by atoms with Crippen molar-refractivity contribution in [3.63, 3.8) is 0 Å². The zero-order valence-electron chi connectivity index (χ0n) is 21.9. The highest BCUT2D eigenvalue weighted by Crippen LogP contribution is 2.32. The third-order valence-electron chi connectivity index (χ3n) is 6.28. The van der Waals surface area contributed by atoms with Crippen LogP contribution in [0.2, 0.25) is 0 Å². The van der Waals surface area contributed by atoms with Gasteiger partial charge in [0.25, 0.3) is 0 Å². The Balaban J connectivity index is 1.18. The highest BCUT2D eigenvalue weighted by molar-refractivity contribution is 5.92. The second-order valence-electron chi connectivity index (χ2n) is 9.23. The lowest BCUT2D eigenvalue weighted by Gasteiger charge is -2.16. The summed E-state index contributed by atoms with van der Waals surface area (Å²) in [5, 5.41) is 0. The zero-order valence-corrected chi connectivity index (χ0v) is 21.9. The van der Waals surface area contributed by atoms with E-state index < -0.39 is 30.2 Å². The van der Waals surface area contributed by atoms with Gasteiger partial charge in [-0.15, -0.1) is 0 Å². The van der Waals surface area contributed by atoms with Crippen molar-refractivity contribution in [2.24, 2.45) is 5.92 Å². The fraction of sp³-hybridized carbons (Fsp3) is 0.379. The normalized spacial score (nSPS) is 21.1. The fourth-order valence-corrected chi connectivity index (χ4v) is 4.16. The van der Waals surface area contributed by atoms with Gasteiger partial charge in [0.15, 0.2) is 6.10 Å². The van der Waals surface area contributed by atoms with E-state index in [9.17, 15) is 19.2 Å². The molecule has 0 N–H and O–H groups in total. The van der Waals surface area contributed by atoms with Crippen LogP contribution < -0.4 is 9.47 Å². The number of benzene rings is 2. The predicted molar refractivity (Wildman–Crippen MR) is 138 cm³/mol. The maximum atomic E-state index is 12.6. The van der Waals surface area contributed by atoms with Crippen molar-refractivity contribution in [1.29, 1.82) is 0 Å². The van der Waals surface area contributed by atoms with E-state index in [1.807, 2.05) is 6.92 Å². The van der Waals surface area contributed by atoms with Crippen LogP contribution in [0, 0.1) is 5.92 Å². The molecule has 0 aliphatic carbocycles. The first-order chi connectivity index (χ1) is 19.3. The zero-order chi connectivity index (χ0) is 28.5. The summed E-state index contributed by atoms with van der Waals surface area (Å²) < 4.78 is 37.2. The van der Waals surface area contributed by atoms with E-state index in [0.29, 0.717) is 31.6 Å². The molecule has 212 valence electrons. The molecule has 40 heavy (non-hydrogen) atoms. The lowest BCUT2D eigenvalue weighted by atomic mass is 10.0. The van der Waals surface area contributed by atoms with Crippen LogP contribution >= 0.6 is 0 Å². The molecule has 0 radical (unpaired) electrons. The first kappa shape index (κ1) is 28.8. The van der Waals surface area contributed by atoms with Crippen molar-refractivity contribution in [3.8, 4) is 11.5 Å². The molecule has 2 heterocycles. The Hall–Kier alpha value is -4.22. The Bertz CT molecular complexity index is 1210. The molecular formula is C29H30O11. The van der Waals surface area contributed by atoms with Gasteiger partial charge >= 0.3 is 24.1 Å². The number of fused-ring (bicyclic) bond motifs is 1. The van der Waals surface area contributed by atoms with Gasteiger partial charge in [-0.25, -0.2) is 19.2 Å². The molecule has 11 heteroatoms. The first-order valence-corrected chi connectivity index (χ1v) is 12.8. The van der Waals surface area contributed by atoms with Gasteiger partial charge in [-0.3, -0.25) is 0 Å². The van der Waals surface area contributed by atoms with Crippen molar-refractivity contribution >= 4 is 24.1 Å². The Morgan fingerprint density at radius 2 is 1.38 bits per heavy atom. The summed E-state index contributed by atoms with van der Waals surface area (Å²) in [5.41, 5.74) is 0.527. The second-order valence-corrected chi connectivity index (χ2v) is 9.23. The van der Waals surface area contributed by atoms with Crippen LogP contribution in [0.15, 0.2) is 61.2 Å². The quantitative estimate of drug-likeness (QED) is 0.100. The molecule has 2 aliphatic rings. The SMILES string of the molecule is C=CC(=O)OCCCCOC(=O)Oc1ccc(C(=O)Oc2ccc(C(=O)O[C@H]3CO[C@H]4[C@@H]3OC[C@H]4C)cc2)cc1. The van der Waals surface area contributed by atoms with Gasteiger partial charge in [-0.2, -0.15) is 0 Å². The lowest BCUT2D eigenvalue weighted by Crippen LogP contribution is -2.32. The van der Waals surface area contributed by atoms with Gasteiger partial charge in [0.05, 0.1) is 43.7 Å². The minimum Gasteiger partial charge on any atom is -0.463 e. The molecule has 0 aromatic heterocycles. The van der Waals surface area contributed by atoms with E-state index in [1.165, 1.54) is 48.5 Å². The summed E-state index contributed by atoms with van der Waals surface area (Å²) in [5.74, 6) is -0.984. The van der Waals surface area contributed by atoms with Gasteiger partial charge in [-0.1, -0.05) is 13.5 Å². The fourth-order valence-electron chi connectivity index (χ4n) is 4.16. The number of rotatable bonds is 11.